The van der Waals surface area contributed by atoms with Crippen molar-refractivity contribution in [2.24, 2.45) is 0 Å². The maximum Gasteiger partial charge on any atom is 0.143 e. The molecule has 0 unspecified atom stereocenters. The fourth-order valence-corrected chi connectivity index (χ4v) is 19.5. The summed E-state index contributed by atoms with van der Waals surface area (Å²) in [5.41, 5.74) is 31.1. The van der Waals surface area contributed by atoms with Gasteiger partial charge in [0, 0.05) is 98.8 Å². The Morgan fingerprint density at radius 3 is 1.10 bits per heavy atom. The van der Waals surface area contributed by atoms with Gasteiger partial charge in [0.25, 0.3) is 0 Å². The van der Waals surface area contributed by atoms with Crippen LogP contribution in [0.2, 0.25) is 0 Å². The van der Waals surface area contributed by atoms with Gasteiger partial charge in [0.15, 0.2) is 0 Å². The number of nitrogens with zero attached hydrogens (tertiary/aromatic N) is 4. The van der Waals surface area contributed by atoms with Crippen molar-refractivity contribution in [3.05, 3.63) is 449 Å². The molecule has 0 saturated heterocycles. The summed E-state index contributed by atoms with van der Waals surface area (Å²) in [5.74, 6) is 0. The van der Waals surface area contributed by atoms with Crippen LogP contribution in [0.3, 0.4) is 0 Å². The number of anilines is 6. The first-order chi connectivity index (χ1) is 60.6. The number of rotatable bonds is 15. The van der Waals surface area contributed by atoms with Crippen LogP contribution in [0.25, 0.3) is 198 Å². The zero-order valence-electron chi connectivity index (χ0n) is 66.3. The number of benzene rings is 20. The Balaban J connectivity index is 0.650. The summed E-state index contributed by atoms with van der Waals surface area (Å²) in [6, 6.07) is 164. The third-order valence-corrected chi connectivity index (χ3v) is 24.9. The van der Waals surface area contributed by atoms with E-state index in [0.717, 1.165) is 195 Å². The summed E-state index contributed by atoms with van der Waals surface area (Å²) >= 11 is 0. The van der Waals surface area contributed by atoms with Gasteiger partial charge in [-0.1, -0.05) is 346 Å². The van der Waals surface area contributed by atoms with E-state index in [9.17, 15) is 0 Å². The Morgan fingerprint density at radius 1 is 0.172 bits per heavy atom. The van der Waals surface area contributed by atoms with Crippen LogP contribution < -0.4 is 9.80 Å². The first-order valence-electron chi connectivity index (χ1n) is 41.8. The molecular formula is C116H74N4O2. The highest BCUT2D eigenvalue weighted by Crippen LogP contribution is 2.54. The summed E-state index contributed by atoms with van der Waals surface area (Å²) in [5, 5.41) is 13.8. The predicted octanol–water partition coefficient (Wildman–Crippen LogP) is 32.6. The van der Waals surface area contributed by atoms with Crippen LogP contribution in [-0.2, 0) is 0 Å². The maximum absolute atomic E-state index is 7.45. The van der Waals surface area contributed by atoms with E-state index in [1.807, 2.05) is 6.07 Å². The van der Waals surface area contributed by atoms with Crippen LogP contribution in [0.4, 0.5) is 34.1 Å². The van der Waals surface area contributed by atoms with E-state index in [1.54, 1.807) is 0 Å². The second-order valence-electron chi connectivity index (χ2n) is 31.7. The zero-order valence-corrected chi connectivity index (χ0v) is 66.3. The number of hydrogen-bond donors (Lipinski definition) is 0. The Kier molecular flexibility index (Phi) is 16.5. The molecule has 4 aromatic heterocycles. The number of para-hydroxylation sites is 13. The van der Waals surface area contributed by atoms with Crippen molar-refractivity contribution in [2.75, 3.05) is 9.80 Å². The van der Waals surface area contributed by atoms with E-state index in [4.69, 9.17) is 8.83 Å². The van der Waals surface area contributed by atoms with Crippen LogP contribution in [0.1, 0.15) is 0 Å². The van der Waals surface area contributed by atoms with Crippen molar-refractivity contribution >= 4 is 143 Å². The standard InChI is InChI=1S/C116H74N4O2/c1-2-33-77-71-79(66-65-75(77)31-1)78-35-27-36-82(72-78)117(102-54-16-6-39-86(102)87-40-7-19-57-105(87)119-107-59-21-8-41-88(107)89-42-9-22-60-108(89)119)103-55-17-13-46-93(103)98-50-30-53-101-97-70-68-81(74-114(97)122-116(98)101)80-67-69-95-92-45-12-24-62-110(92)120(112(95)73-80)109-61-23-11-44-91(109)90-43-10-20-58-106(90)118(104-56-18-5-38-85(104)84-49-28-34-76-32-3-4-37-83(76)84)111-63-25-14-47-94(111)99-51-29-52-100-96-48-15-26-64-113(96)121-115(99)100/h1-74H. The molecule has 0 aliphatic carbocycles. The fourth-order valence-electron chi connectivity index (χ4n) is 19.5. The topological polar surface area (TPSA) is 42.6 Å². The van der Waals surface area contributed by atoms with E-state index >= 15 is 0 Å². The van der Waals surface area contributed by atoms with Crippen molar-refractivity contribution in [1.29, 1.82) is 0 Å². The average molecular weight is 1560 g/mol. The highest BCUT2D eigenvalue weighted by molar-refractivity contribution is 6.17. The lowest BCUT2D eigenvalue weighted by atomic mass is 9.93. The minimum atomic E-state index is 0.805. The normalized spacial score (nSPS) is 11.8. The minimum absolute atomic E-state index is 0.805. The smallest absolute Gasteiger partial charge is 0.143 e. The predicted molar refractivity (Wildman–Crippen MR) is 512 cm³/mol. The first-order valence-corrected chi connectivity index (χ1v) is 41.8. The van der Waals surface area contributed by atoms with Gasteiger partial charge in [0.05, 0.1) is 61.9 Å². The second kappa shape index (κ2) is 28.8. The van der Waals surface area contributed by atoms with Crippen LogP contribution in [0.5, 0.6) is 0 Å². The van der Waals surface area contributed by atoms with Crippen LogP contribution >= 0.6 is 0 Å². The van der Waals surface area contributed by atoms with E-state index in [2.05, 4.69) is 462 Å². The molecule has 24 rings (SSSR count). The molecule has 4 heterocycles. The highest BCUT2D eigenvalue weighted by atomic mass is 16.3. The third-order valence-electron chi connectivity index (χ3n) is 24.9. The molecular weight excluding hydrogens is 1480 g/mol. The average Bonchev–Trinajstić information content (AvgIpc) is 1.58. The Morgan fingerprint density at radius 2 is 0.516 bits per heavy atom. The molecule has 0 spiro atoms. The molecule has 122 heavy (non-hydrogen) atoms. The van der Waals surface area contributed by atoms with Crippen molar-refractivity contribution in [3.8, 4) is 89.3 Å². The lowest BCUT2D eigenvalue weighted by Gasteiger charge is -2.32. The quantitative estimate of drug-likeness (QED) is 0.103. The van der Waals surface area contributed by atoms with Gasteiger partial charge in [-0.15, -0.1) is 0 Å². The van der Waals surface area contributed by atoms with Gasteiger partial charge >= 0.3 is 0 Å². The van der Waals surface area contributed by atoms with E-state index < -0.39 is 0 Å². The second-order valence-corrected chi connectivity index (χ2v) is 31.7. The molecule has 570 valence electrons. The molecule has 20 aromatic carbocycles. The SMILES string of the molecule is c1cc(-c2ccc3ccccc3c2)cc(N(c2ccccc2-c2ccccc2-n2c3ccccc3c3ccccc32)c2ccccc2-c2cccc3c2oc2cc(-c4ccc5c6ccccc6n(-c6ccccc6-c6ccccc6N(c6ccccc6-c6cccc7ccccc67)c6ccccc6-c6cccc7c6oc6ccccc67)c5c4)ccc23)c1. The largest absolute Gasteiger partial charge is 0.455 e. The fraction of sp³-hybridized carbons (Fsp3) is 0. The lowest BCUT2D eigenvalue weighted by molar-refractivity contribution is 0.669. The van der Waals surface area contributed by atoms with Gasteiger partial charge in [-0.2, -0.15) is 0 Å². The number of aromatic nitrogens is 2. The monoisotopic (exact) mass is 1550 g/mol. The minimum Gasteiger partial charge on any atom is -0.455 e. The molecule has 24 aromatic rings. The van der Waals surface area contributed by atoms with E-state index in [-0.39, 0.29) is 0 Å². The van der Waals surface area contributed by atoms with Crippen molar-refractivity contribution < 1.29 is 8.83 Å². The molecule has 0 aliphatic rings. The molecule has 0 N–H and O–H groups in total. The van der Waals surface area contributed by atoms with Gasteiger partial charge in [0.2, 0.25) is 0 Å². The highest BCUT2D eigenvalue weighted by Gasteiger charge is 2.30. The third kappa shape index (κ3) is 11.4. The molecule has 6 heteroatoms. The van der Waals surface area contributed by atoms with Gasteiger partial charge in [-0.3, -0.25) is 0 Å². The Labute approximate surface area is 704 Å². The van der Waals surface area contributed by atoms with Crippen LogP contribution in [0, 0.1) is 0 Å². The molecule has 0 saturated carbocycles. The molecule has 0 radical (unpaired) electrons. The molecule has 0 bridgehead atoms. The lowest BCUT2D eigenvalue weighted by Crippen LogP contribution is -2.14. The number of fused-ring (bicyclic) bond motifs is 14. The summed E-state index contributed by atoms with van der Waals surface area (Å²) in [6.45, 7) is 0. The molecule has 0 amide bonds. The summed E-state index contributed by atoms with van der Waals surface area (Å²) < 4.78 is 19.3. The van der Waals surface area contributed by atoms with E-state index in [0.29, 0.717) is 0 Å². The molecule has 6 nitrogen and oxygen atoms in total. The van der Waals surface area contributed by atoms with Gasteiger partial charge in [0.1, 0.15) is 22.3 Å². The molecule has 0 fully saturated rings. The molecule has 0 atom stereocenters. The summed E-state index contributed by atoms with van der Waals surface area (Å²) in [7, 11) is 0. The van der Waals surface area contributed by atoms with E-state index in [1.165, 1.54) is 37.7 Å². The molecule has 0 aliphatic heterocycles. The van der Waals surface area contributed by atoms with Crippen molar-refractivity contribution in [2.45, 2.75) is 0 Å². The van der Waals surface area contributed by atoms with Gasteiger partial charge in [-0.25, -0.2) is 0 Å². The van der Waals surface area contributed by atoms with Crippen molar-refractivity contribution in [3.63, 3.8) is 0 Å². The van der Waals surface area contributed by atoms with Gasteiger partial charge < -0.3 is 27.8 Å². The van der Waals surface area contributed by atoms with Gasteiger partial charge in [-0.05, 0) is 152 Å². The Bertz CT molecular complexity index is 8280. The summed E-state index contributed by atoms with van der Waals surface area (Å²) in [4.78, 5) is 4.97. The van der Waals surface area contributed by atoms with Crippen LogP contribution in [-0.4, -0.2) is 9.13 Å². The first kappa shape index (κ1) is 70.0. The summed E-state index contributed by atoms with van der Waals surface area (Å²) in [6.07, 6.45) is 0. The van der Waals surface area contributed by atoms with Crippen molar-refractivity contribution in [1.82, 2.24) is 9.13 Å². The number of furan rings is 2. The maximum atomic E-state index is 7.45. The zero-order chi connectivity index (χ0) is 80.3. The number of hydrogen-bond acceptors (Lipinski definition) is 4. The van der Waals surface area contributed by atoms with Crippen LogP contribution in [0.15, 0.2) is 458 Å². The Hall–Kier alpha value is -16.3.